The van der Waals surface area contributed by atoms with Gasteiger partial charge in [-0.3, -0.25) is 0 Å². The highest BCUT2D eigenvalue weighted by Gasteiger charge is 2.07. The molecule has 1 heterocycles. The van der Waals surface area contributed by atoms with Crippen LogP contribution in [0.2, 0.25) is 0 Å². The molecule has 0 saturated carbocycles. The fourth-order valence-corrected chi connectivity index (χ4v) is 1.69. The van der Waals surface area contributed by atoms with E-state index in [1.165, 1.54) is 17.9 Å². The first-order chi connectivity index (χ1) is 9.74. The summed E-state index contributed by atoms with van der Waals surface area (Å²) in [4.78, 5) is 0. The Morgan fingerprint density at radius 1 is 1.35 bits per heavy atom. The maximum Gasteiger partial charge on any atom is 0.167 e. The van der Waals surface area contributed by atoms with Gasteiger partial charge in [0.25, 0.3) is 0 Å². The summed E-state index contributed by atoms with van der Waals surface area (Å²) in [6.45, 7) is 1.96. The Kier molecular flexibility index (Phi) is 5.03. The summed E-state index contributed by atoms with van der Waals surface area (Å²) in [5.41, 5.74) is 1.37. The predicted molar refractivity (Wildman–Crippen MR) is 71.5 cm³/mol. The van der Waals surface area contributed by atoms with Crippen molar-refractivity contribution < 1.29 is 13.9 Å². The average Bonchev–Trinajstić information content (AvgIpc) is 2.92. The third kappa shape index (κ3) is 3.52. The number of nitrogens with one attached hydrogen (secondary N) is 1. The molecule has 7 heteroatoms. The maximum absolute atomic E-state index is 13.6. The Morgan fingerprint density at radius 3 is 2.90 bits per heavy atom. The van der Waals surface area contributed by atoms with E-state index >= 15 is 0 Å². The number of ether oxygens (including phenoxy) is 2. The van der Waals surface area contributed by atoms with Crippen LogP contribution in [0.5, 0.6) is 5.75 Å². The van der Waals surface area contributed by atoms with Crippen LogP contribution < -0.4 is 10.1 Å². The van der Waals surface area contributed by atoms with Crippen LogP contribution in [0.15, 0.2) is 24.4 Å². The first-order valence-corrected chi connectivity index (χ1v) is 6.19. The molecule has 2 aromatic rings. The van der Waals surface area contributed by atoms with E-state index in [-0.39, 0.29) is 5.75 Å². The molecule has 0 radical (unpaired) electrons. The van der Waals surface area contributed by atoms with Crippen molar-refractivity contribution in [1.82, 2.24) is 20.3 Å². The fraction of sp³-hybridized carbons (Fsp3) is 0.385. The van der Waals surface area contributed by atoms with Crippen LogP contribution in [-0.2, 0) is 11.3 Å². The van der Waals surface area contributed by atoms with Crippen LogP contribution in [0.1, 0.15) is 5.69 Å². The molecule has 0 saturated heterocycles. The van der Waals surface area contributed by atoms with Crippen molar-refractivity contribution in [3.63, 3.8) is 0 Å². The molecule has 1 aromatic carbocycles. The number of aromatic nitrogens is 3. The molecule has 0 atom stereocenters. The Labute approximate surface area is 116 Å². The zero-order valence-electron chi connectivity index (χ0n) is 11.5. The second kappa shape index (κ2) is 6.97. The van der Waals surface area contributed by atoms with E-state index in [1.807, 2.05) is 0 Å². The molecule has 0 bridgehead atoms. The second-order valence-electron chi connectivity index (χ2n) is 4.14. The summed E-state index contributed by atoms with van der Waals surface area (Å²) in [7, 11) is 3.08. The Hall–Kier alpha value is -1.99. The number of hydrogen-bond acceptors (Lipinski definition) is 5. The summed E-state index contributed by atoms with van der Waals surface area (Å²) in [6.07, 6.45) is 1.75. The molecule has 0 fully saturated rings. The molecule has 6 nitrogen and oxygen atoms in total. The first kappa shape index (κ1) is 14.4. The molecule has 0 amide bonds. The zero-order chi connectivity index (χ0) is 14.4. The lowest BCUT2D eigenvalue weighted by molar-refractivity contribution is 0.199. The lowest BCUT2D eigenvalue weighted by Gasteiger charge is -2.04. The number of benzene rings is 1. The molecule has 0 unspecified atom stereocenters. The third-order valence-corrected chi connectivity index (χ3v) is 2.73. The van der Waals surface area contributed by atoms with E-state index in [0.717, 1.165) is 12.2 Å². The Balaban J connectivity index is 2.03. The molecule has 20 heavy (non-hydrogen) atoms. The summed E-state index contributed by atoms with van der Waals surface area (Å²) >= 11 is 0. The molecule has 0 aliphatic heterocycles. The van der Waals surface area contributed by atoms with Crippen molar-refractivity contribution in [2.45, 2.75) is 6.54 Å². The maximum atomic E-state index is 13.6. The molecule has 108 valence electrons. The number of hydrogen-bond donors (Lipinski definition) is 1. The lowest BCUT2D eigenvalue weighted by Crippen LogP contribution is -2.18. The number of halogens is 1. The number of rotatable bonds is 7. The highest BCUT2D eigenvalue weighted by Crippen LogP contribution is 2.19. The minimum atomic E-state index is -0.430. The van der Waals surface area contributed by atoms with E-state index < -0.39 is 5.82 Å². The van der Waals surface area contributed by atoms with Gasteiger partial charge >= 0.3 is 0 Å². The third-order valence-electron chi connectivity index (χ3n) is 2.73. The van der Waals surface area contributed by atoms with Crippen molar-refractivity contribution in [2.24, 2.45) is 0 Å². The minimum Gasteiger partial charge on any atom is -0.494 e. The first-order valence-electron chi connectivity index (χ1n) is 6.19. The highest BCUT2D eigenvalue weighted by atomic mass is 19.1. The van der Waals surface area contributed by atoms with Gasteiger partial charge in [0.2, 0.25) is 0 Å². The van der Waals surface area contributed by atoms with E-state index in [1.54, 1.807) is 25.4 Å². The normalized spacial score (nSPS) is 10.8. The summed E-state index contributed by atoms with van der Waals surface area (Å²) in [5, 5.41) is 11.2. The van der Waals surface area contributed by atoms with Gasteiger partial charge in [0.1, 0.15) is 0 Å². The minimum absolute atomic E-state index is 0.204. The molecule has 2 rings (SSSR count). The van der Waals surface area contributed by atoms with Crippen LogP contribution in [0.4, 0.5) is 4.39 Å². The lowest BCUT2D eigenvalue weighted by atomic mass is 10.3. The number of methoxy groups -OCH3 is 2. The van der Waals surface area contributed by atoms with Crippen molar-refractivity contribution in [3.8, 4) is 11.4 Å². The van der Waals surface area contributed by atoms with Crippen molar-refractivity contribution in [2.75, 3.05) is 27.4 Å². The van der Waals surface area contributed by atoms with E-state index in [9.17, 15) is 4.39 Å². The van der Waals surface area contributed by atoms with Crippen LogP contribution in [-0.4, -0.2) is 42.4 Å². The van der Waals surface area contributed by atoms with Gasteiger partial charge in [-0.2, -0.15) is 0 Å². The predicted octanol–water partition coefficient (Wildman–Crippen LogP) is 1.15. The fourth-order valence-electron chi connectivity index (χ4n) is 1.69. The van der Waals surface area contributed by atoms with Gasteiger partial charge in [0.05, 0.1) is 31.3 Å². The summed E-state index contributed by atoms with van der Waals surface area (Å²) in [5.74, 6) is -0.226. The van der Waals surface area contributed by atoms with E-state index in [4.69, 9.17) is 9.47 Å². The van der Waals surface area contributed by atoms with Crippen LogP contribution >= 0.6 is 0 Å². The van der Waals surface area contributed by atoms with Crippen LogP contribution in [0.25, 0.3) is 5.69 Å². The number of nitrogens with zero attached hydrogens (tertiary/aromatic N) is 3. The van der Waals surface area contributed by atoms with Gasteiger partial charge in [-0.05, 0) is 12.1 Å². The van der Waals surface area contributed by atoms with E-state index in [2.05, 4.69) is 15.6 Å². The van der Waals surface area contributed by atoms with Crippen molar-refractivity contribution in [1.29, 1.82) is 0 Å². The molecule has 1 N–H and O–H groups in total. The van der Waals surface area contributed by atoms with Gasteiger partial charge in [0.15, 0.2) is 11.6 Å². The van der Waals surface area contributed by atoms with Crippen LogP contribution in [0.3, 0.4) is 0 Å². The molecule has 1 aromatic heterocycles. The monoisotopic (exact) mass is 280 g/mol. The SMILES string of the molecule is COCCNCc1cn(-c2ccc(OC)c(F)c2)nn1. The van der Waals surface area contributed by atoms with E-state index in [0.29, 0.717) is 18.8 Å². The topological polar surface area (TPSA) is 61.2 Å². The quantitative estimate of drug-likeness (QED) is 0.771. The molecular formula is C13H17FN4O2. The Bertz CT molecular complexity index is 559. The van der Waals surface area contributed by atoms with Gasteiger partial charge in [-0.25, -0.2) is 9.07 Å². The Morgan fingerprint density at radius 2 is 2.20 bits per heavy atom. The highest BCUT2D eigenvalue weighted by molar-refractivity contribution is 5.38. The smallest absolute Gasteiger partial charge is 0.167 e. The largest absolute Gasteiger partial charge is 0.494 e. The standard InChI is InChI=1S/C13H17FN4O2/c1-19-6-5-15-8-10-9-18(17-16-10)11-3-4-13(20-2)12(14)7-11/h3-4,7,9,15H,5-6,8H2,1-2H3. The van der Waals surface area contributed by atoms with Gasteiger partial charge in [-0.1, -0.05) is 5.21 Å². The van der Waals surface area contributed by atoms with Crippen LogP contribution in [0, 0.1) is 5.82 Å². The molecule has 0 aliphatic carbocycles. The molecular weight excluding hydrogens is 263 g/mol. The van der Waals surface area contributed by atoms with Gasteiger partial charge in [0, 0.05) is 26.3 Å². The summed E-state index contributed by atoms with van der Waals surface area (Å²) < 4.78 is 24.9. The average molecular weight is 280 g/mol. The van der Waals surface area contributed by atoms with Gasteiger partial charge in [-0.15, -0.1) is 5.10 Å². The second-order valence-corrected chi connectivity index (χ2v) is 4.14. The summed E-state index contributed by atoms with van der Waals surface area (Å²) in [6, 6.07) is 4.64. The molecule has 0 aliphatic rings. The molecule has 0 spiro atoms. The van der Waals surface area contributed by atoms with Crippen molar-refractivity contribution in [3.05, 3.63) is 35.9 Å². The zero-order valence-corrected chi connectivity index (χ0v) is 11.5. The van der Waals surface area contributed by atoms with Gasteiger partial charge < -0.3 is 14.8 Å². The van der Waals surface area contributed by atoms with Crippen molar-refractivity contribution >= 4 is 0 Å².